The highest BCUT2D eigenvalue weighted by molar-refractivity contribution is 5.91. The van der Waals surface area contributed by atoms with Crippen molar-refractivity contribution in [2.24, 2.45) is 10.9 Å². The maximum absolute atomic E-state index is 11.9. The van der Waals surface area contributed by atoms with Crippen LogP contribution in [0.5, 0.6) is 5.75 Å². The third-order valence-corrected chi connectivity index (χ3v) is 3.78. The van der Waals surface area contributed by atoms with Crippen molar-refractivity contribution in [1.82, 2.24) is 0 Å². The number of hydrogen-bond acceptors (Lipinski definition) is 4. The van der Waals surface area contributed by atoms with Crippen LogP contribution in [0, 0.1) is 5.92 Å². The van der Waals surface area contributed by atoms with Crippen molar-refractivity contribution in [1.29, 1.82) is 0 Å². The SMILES string of the molecule is CCC(C)COC(=O)c1ccc(C=Nc2ccc(OC)cc2)cc1. The molecule has 0 radical (unpaired) electrons. The van der Waals surface area contributed by atoms with Crippen LogP contribution in [0.1, 0.15) is 36.2 Å². The third kappa shape index (κ3) is 5.23. The van der Waals surface area contributed by atoms with Gasteiger partial charge in [-0.1, -0.05) is 32.4 Å². The number of carbonyl (C=O) groups excluding carboxylic acids is 1. The van der Waals surface area contributed by atoms with Gasteiger partial charge >= 0.3 is 5.97 Å². The molecule has 2 aromatic rings. The molecule has 0 bridgehead atoms. The summed E-state index contributed by atoms with van der Waals surface area (Å²) in [6.07, 6.45) is 2.75. The highest BCUT2D eigenvalue weighted by atomic mass is 16.5. The Hall–Kier alpha value is -2.62. The number of carbonyl (C=O) groups is 1. The lowest BCUT2D eigenvalue weighted by atomic mass is 10.1. The number of methoxy groups -OCH3 is 1. The van der Waals surface area contributed by atoms with Crippen LogP contribution in [-0.2, 0) is 4.74 Å². The monoisotopic (exact) mass is 325 g/mol. The van der Waals surface area contributed by atoms with Crippen LogP contribution in [0.2, 0.25) is 0 Å². The number of ether oxygens (including phenoxy) is 2. The standard InChI is InChI=1S/C20H23NO3/c1-4-15(2)14-24-20(22)17-7-5-16(6-8-17)13-21-18-9-11-19(23-3)12-10-18/h5-13,15H,4,14H2,1-3H3. The van der Waals surface area contributed by atoms with E-state index in [1.165, 1.54) is 0 Å². The molecule has 4 heteroatoms. The molecule has 1 unspecified atom stereocenters. The van der Waals surface area contributed by atoms with Crippen LogP contribution >= 0.6 is 0 Å². The predicted molar refractivity (Wildman–Crippen MR) is 96.4 cm³/mol. The molecule has 0 aliphatic heterocycles. The summed E-state index contributed by atoms with van der Waals surface area (Å²) in [5, 5.41) is 0. The van der Waals surface area contributed by atoms with Crippen molar-refractivity contribution in [3.05, 3.63) is 59.7 Å². The van der Waals surface area contributed by atoms with Gasteiger partial charge in [0, 0.05) is 6.21 Å². The molecule has 4 nitrogen and oxygen atoms in total. The molecular weight excluding hydrogens is 302 g/mol. The van der Waals surface area contributed by atoms with Gasteiger partial charge in [-0.3, -0.25) is 4.99 Å². The number of nitrogens with zero attached hydrogens (tertiary/aromatic N) is 1. The Bertz CT molecular complexity index is 675. The average Bonchev–Trinajstić information content (AvgIpc) is 2.64. The number of rotatable bonds is 7. The molecule has 2 rings (SSSR count). The van der Waals surface area contributed by atoms with Gasteiger partial charge in [0.25, 0.3) is 0 Å². The zero-order valence-corrected chi connectivity index (χ0v) is 14.4. The second-order valence-corrected chi connectivity index (χ2v) is 5.69. The Morgan fingerprint density at radius 1 is 1.12 bits per heavy atom. The van der Waals surface area contributed by atoms with E-state index in [0.29, 0.717) is 18.1 Å². The second kappa shape index (κ2) is 8.87. The van der Waals surface area contributed by atoms with Gasteiger partial charge < -0.3 is 9.47 Å². The minimum Gasteiger partial charge on any atom is -0.497 e. The number of aliphatic imine (C=N–C) groups is 1. The first-order valence-electron chi connectivity index (χ1n) is 8.07. The Kier molecular flexibility index (Phi) is 6.55. The Morgan fingerprint density at radius 2 is 1.79 bits per heavy atom. The lowest BCUT2D eigenvalue weighted by Crippen LogP contribution is -2.11. The topological polar surface area (TPSA) is 47.9 Å². The van der Waals surface area contributed by atoms with E-state index in [1.54, 1.807) is 25.5 Å². The predicted octanol–water partition coefficient (Wildman–Crippen LogP) is 4.65. The van der Waals surface area contributed by atoms with Gasteiger partial charge in [-0.05, 0) is 47.9 Å². The molecule has 0 aliphatic rings. The Labute approximate surface area is 143 Å². The lowest BCUT2D eigenvalue weighted by molar-refractivity contribution is 0.0447. The molecule has 0 amide bonds. The van der Waals surface area contributed by atoms with Crippen molar-refractivity contribution < 1.29 is 14.3 Å². The van der Waals surface area contributed by atoms with E-state index in [1.807, 2.05) is 36.4 Å². The van der Waals surface area contributed by atoms with Crippen molar-refractivity contribution in [2.75, 3.05) is 13.7 Å². The highest BCUT2D eigenvalue weighted by Crippen LogP contribution is 2.17. The quantitative estimate of drug-likeness (QED) is 0.550. The third-order valence-electron chi connectivity index (χ3n) is 3.78. The maximum atomic E-state index is 11.9. The summed E-state index contributed by atoms with van der Waals surface area (Å²) >= 11 is 0. The molecule has 126 valence electrons. The fourth-order valence-electron chi connectivity index (χ4n) is 1.94. The summed E-state index contributed by atoms with van der Waals surface area (Å²) in [5.41, 5.74) is 2.32. The maximum Gasteiger partial charge on any atom is 0.338 e. The van der Waals surface area contributed by atoms with E-state index >= 15 is 0 Å². The van der Waals surface area contributed by atoms with Crippen LogP contribution in [0.25, 0.3) is 0 Å². The first-order chi connectivity index (χ1) is 11.6. The molecule has 0 aliphatic carbocycles. The zero-order valence-electron chi connectivity index (χ0n) is 14.4. The molecule has 1 atom stereocenters. The van der Waals surface area contributed by atoms with Crippen LogP contribution in [0.4, 0.5) is 5.69 Å². The van der Waals surface area contributed by atoms with E-state index in [0.717, 1.165) is 23.4 Å². The van der Waals surface area contributed by atoms with Gasteiger partial charge in [-0.15, -0.1) is 0 Å². The fourth-order valence-corrected chi connectivity index (χ4v) is 1.94. The summed E-state index contributed by atoms with van der Waals surface area (Å²) < 4.78 is 10.4. The summed E-state index contributed by atoms with van der Waals surface area (Å²) in [6, 6.07) is 14.7. The average molecular weight is 325 g/mol. The van der Waals surface area contributed by atoms with Crippen molar-refractivity contribution in [2.45, 2.75) is 20.3 Å². The number of benzene rings is 2. The van der Waals surface area contributed by atoms with Gasteiger partial charge in [-0.2, -0.15) is 0 Å². The molecule has 0 fully saturated rings. The smallest absolute Gasteiger partial charge is 0.338 e. The molecule has 0 spiro atoms. The van der Waals surface area contributed by atoms with Crippen LogP contribution < -0.4 is 4.74 Å². The highest BCUT2D eigenvalue weighted by Gasteiger charge is 2.08. The van der Waals surface area contributed by atoms with E-state index in [9.17, 15) is 4.79 Å². The fraction of sp³-hybridized carbons (Fsp3) is 0.300. The minimum absolute atomic E-state index is 0.283. The van der Waals surface area contributed by atoms with Crippen LogP contribution in [-0.4, -0.2) is 25.9 Å². The summed E-state index contributed by atoms with van der Waals surface area (Å²) in [6.45, 7) is 4.59. The molecule has 2 aromatic carbocycles. The molecule has 0 heterocycles. The molecule has 0 saturated heterocycles. The normalized spacial score (nSPS) is 12.1. The molecular formula is C20H23NO3. The minimum atomic E-state index is -0.283. The summed E-state index contributed by atoms with van der Waals surface area (Å²) in [5.74, 6) is 0.896. The van der Waals surface area contributed by atoms with Gasteiger partial charge in [0.15, 0.2) is 0 Å². The Morgan fingerprint density at radius 3 is 2.38 bits per heavy atom. The Balaban J connectivity index is 1.95. The van der Waals surface area contributed by atoms with E-state index in [2.05, 4.69) is 18.8 Å². The van der Waals surface area contributed by atoms with Crippen molar-refractivity contribution in [3.63, 3.8) is 0 Å². The first-order valence-corrected chi connectivity index (χ1v) is 8.07. The molecule has 24 heavy (non-hydrogen) atoms. The summed E-state index contributed by atoms with van der Waals surface area (Å²) in [4.78, 5) is 16.3. The van der Waals surface area contributed by atoms with Crippen molar-refractivity contribution >= 4 is 17.9 Å². The second-order valence-electron chi connectivity index (χ2n) is 5.69. The lowest BCUT2D eigenvalue weighted by Gasteiger charge is -2.09. The van der Waals surface area contributed by atoms with Gasteiger partial charge in [0.05, 0.1) is 25.0 Å². The van der Waals surface area contributed by atoms with Crippen molar-refractivity contribution in [3.8, 4) is 5.75 Å². The van der Waals surface area contributed by atoms with E-state index in [-0.39, 0.29) is 5.97 Å². The van der Waals surface area contributed by atoms with Crippen LogP contribution in [0.15, 0.2) is 53.5 Å². The summed E-state index contributed by atoms with van der Waals surface area (Å²) in [7, 11) is 1.63. The molecule has 0 saturated carbocycles. The first kappa shape index (κ1) is 17.7. The van der Waals surface area contributed by atoms with Gasteiger partial charge in [0.2, 0.25) is 0 Å². The van der Waals surface area contributed by atoms with Gasteiger partial charge in [-0.25, -0.2) is 4.79 Å². The van der Waals surface area contributed by atoms with Crippen LogP contribution in [0.3, 0.4) is 0 Å². The zero-order chi connectivity index (χ0) is 17.4. The molecule has 0 N–H and O–H groups in total. The number of esters is 1. The van der Waals surface area contributed by atoms with Gasteiger partial charge in [0.1, 0.15) is 5.75 Å². The largest absolute Gasteiger partial charge is 0.497 e. The molecule has 0 aromatic heterocycles. The van der Waals surface area contributed by atoms with E-state index < -0.39 is 0 Å². The van der Waals surface area contributed by atoms with E-state index in [4.69, 9.17) is 9.47 Å². The number of hydrogen-bond donors (Lipinski definition) is 0.